The van der Waals surface area contributed by atoms with E-state index in [0.717, 1.165) is 6.07 Å². The van der Waals surface area contributed by atoms with E-state index in [9.17, 15) is 27.7 Å². The van der Waals surface area contributed by atoms with Crippen LogP contribution in [-0.2, 0) is 19.6 Å². The number of hydrogen-bond donors (Lipinski definition) is 1. The minimum Gasteiger partial charge on any atom is -0.469 e. The van der Waals surface area contributed by atoms with Gasteiger partial charge in [-0.2, -0.15) is 4.39 Å². The van der Waals surface area contributed by atoms with Crippen molar-refractivity contribution in [1.29, 1.82) is 0 Å². The number of halogens is 1. The van der Waals surface area contributed by atoms with Crippen LogP contribution < -0.4 is 4.72 Å². The fourth-order valence-corrected chi connectivity index (χ4v) is 2.52. The molecule has 0 fully saturated rings. The molecule has 10 heteroatoms. The lowest BCUT2D eigenvalue weighted by atomic mass is 10.3. The van der Waals surface area contributed by atoms with Gasteiger partial charge in [0, 0.05) is 19.0 Å². The molecule has 0 radical (unpaired) electrons. The number of methoxy groups -OCH3 is 1. The molecule has 21 heavy (non-hydrogen) atoms. The number of ether oxygens (including phenoxy) is 1. The van der Waals surface area contributed by atoms with Gasteiger partial charge in [-0.1, -0.05) is 0 Å². The Morgan fingerprint density at radius 2 is 2.14 bits per heavy atom. The Balaban J connectivity index is 2.77. The molecule has 8 nitrogen and oxygen atoms in total. The second kappa shape index (κ2) is 7.09. The first-order valence-electron chi connectivity index (χ1n) is 5.78. The Bertz CT molecular complexity index is 646. The van der Waals surface area contributed by atoms with E-state index in [0.29, 0.717) is 12.1 Å². The average Bonchev–Trinajstić information content (AvgIpc) is 2.43. The van der Waals surface area contributed by atoms with Crippen molar-refractivity contribution >= 4 is 21.7 Å². The molecule has 0 atom stereocenters. The third kappa shape index (κ3) is 4.76. The number of sulfonamides is 1. The van der Waals surface area contributed by atoms with Crippen LogP contribution in [0.2, 0.25) is 0 Å². The molecule has 1 N–H and O–H groups in total. The van der Waals surface area contributed by atoms with Gasteiger partial charge in [0.25, 0.3) is 0 Å². The highest BCUT2D eigenvalue weighted by molar-refractivity contribution is 7.89. The zero-order chi connectivity index (χ0) is 16.0. The Labute approximate surface area is 120 Å². The van der Waals surface area contributed by atoms with Crippen molar-refractivity contribution in [3.05, 3.63) is 34.1 Å². The maximum atomic E-state index is 13.1. The van der Waals surface area contributed by atoms with Crippen molar-refractivity contribution < 1.29 is 27.3 Å². The first-order chi connectivity index (χ1) is 9.77. The summed E-state index contributed by atoms with van der Waals surface area (Å²) in [4.78, 5) is 20.0. The number of nitro benzene ring substituents is 1. The Hall–Kier alpha value is -2.07. The van der Waals surface area contributed by atoms with Crippen LogP contribution >= 0.6 is 0 Å². The summed E-state index contributed by atoms with van der Waals surface area (Å²) in [5.41, 5.74) is -0.924. The van der Waals surface area contributed by atoms with Gasteiger partial charge < -0.3 is 4.74 Å². The second-order valence-corrected chi connectivity index (χ2v) is 5.71. The molecule has 0 saturated carbocycles. The number of esters is 1. The van der Waals surface area contributed by atoms with Crippen LogP contribution in [0.3, 0.4) is 0 Å². The highest BCUT2D eigenvalue weighted by Crippen LogP contribution is 2.21. The molecule has 0 bridgehead atoms. The van der Waals surface area contributed by atoms with Crippen LogP contribution in [0.25, 0.3) is 0 Å². The fraction of sp³-hybridized carbons (Fsp3) is 0.364. The molecule has 116 valence electrons. The van der Waals surface area contributed by atoms with E-state index >= 15 is 0 Å². The topological polar surface area (TPSA) is 116 Å². The standard InChI is InChI=1S/C11H13FN2O6S/c1-20-11(15)3-2-6-13-21(18,19)8-4-5-9(12)10(7-8)14(16)17/h4-5,7,13H,2-3,6H2,1H3. The Morgan fingerprint density at radius 3 is 2.71 bits per heavy atom. The molecule has 0 heterocycles. The molecule has 0 unspecified atom stereocenters. The Morgan fingerprint density at radius 1 is 1.48 bits per heavy atom. The van der Waals surface area contributed by atoms with Crippen molar-refractivity contribution in [3.63, 3.8) is 0 Å². The van der Waals surface area contributed by atoms with Crippen molar-refractivity contribution in [3.8, 4) is 0 Å². The summed E-state index contributed by atoms with van der Waals surface area (Å²) < 4.78 is 43.4. The van der Waals surface area contributed by atoms with Crippen LogP contribution in [0, 0.1) is 15.9 Å². The fourth-order valence-electron chi connectivity index (χ4n) is 1.42. The highest BCUT2D eigenvalue weighted by atomic mass is 32.2. The smallest absolute Gasteiger partial charge is 0.306 e. The van der Waals surface area contributed by atoms with Crippen LogP contribution in [0.4, 0.5) is 10.1 Å². The molecule has 0 aliphatic rings. The number of carbonyl (C=O) groups is 1. The van der Waals surface area contributed by atoms with E-state index in [1.807, 2.05) is 0 Å². The molecular weight excluding hydrogens is 307 g/mol. The van der Waals surface area contributed by atoms with Gasteiger partial charge in [0.2, 0.25) is 15.8 Å². The molecule has 0 saturated heterocycles. The number of rotatable bonds is 7. The summed E-state index contributed by atoms with van der Waals surface area (Å²) in [6, 6.07) is 2.27. The van der Waals surface area contributed by atoms with Gasteiger partial charge in [-0.25, -0.2) is 13.1 Å². The van der Waals surface area contributed by atoms with E-state index in [4.69, 9.17) is 0 Å². The van der Waals surface area contributed by atoms with E-state index in [2.05, 4.69) is 9.46 Å². The molecule has 1 rings (SSSR count). The summed E-state index contributed by atoms with van der Waals surface area (Å²) in [5.74, 6) is -1.60. The third-order valence-corrected chi connectivity index (χ3v) is 3.96. The third-order valence-electron chi connectivity index (χ3n) is 2.50. The lowest BCUT2D eigenvalue weighted by Gasteiger charge is -2.06. The molecule has 0 spiro atoms. The van der Waals surface area contributed by atoms with Gasteiger partial charge in [0.15, 0.2) is 0 Å². The van der Waals surface area contributed by atoms with Gasteiger partial charge >= 0.3 is 11.7 Å². The molecule has 0 aliphatic carbocycles. The highest BCUT2D eigenvalue weighted by Gasteiger charge is 2.21. The lowest BCUT2D eigenvalue weighted by Crippen LogP contribution is -2.25. The van der Waals surface area contributed by atoms with Crippen molar-refractivity contribution in [2.45, 2.75) is 17.7 Å². The SMILES string of the molecule is COC(=O)CCCNS(=O)(=O)c1ccc(F)c([N+](=O)[O-])c1. The average molecular weight is 320 g/mol. The molecule has 1 aromatic carbocycles. The number of nitrogens with one attached hydrogen (secondary N) is 1. The molecule has 0 aliphatic heterocycles. The predicted molar refractivity (Wildman–Crippen MR) is 69.5 cm³/mol. The summed E-state index contributed by atoms with van der Waals surface area (Å²) in [7, 11) is -2.80. The van der Waals surface area contributed by atoms with Crippen molar-refractivity contribution in [2.75, 3.05) is 13.7 Å². The van der Waals surface area contributed by atoms with Crippen LogP contribution in [-0.4, -0.2) is 33.0 Å². The Kier molecular flexibility index (Phi) is 5.73. The number of hydrogen-bond acceptors (Lipinski definition) is 6. The second-order valence-electron chi connectivity index (χ2n) is 3.95. The van der Waals surface area contributed by atoms with Crippen molar-refractivity contribution in [2.24, 2.45) is 0 Å². The molecule has 1 aromatic rings. The van der Waals surface area contributed by atoms with Gasteiger partial charge in [0.1, 0.15) is 0 Å². The summed E-state index contributed by atoms with van der Waals surface area (Å²) in [5, 5.41) is 10.6. The van der Waals surface area contributed by atoms with E-state index in [1.54, 1.807) is 0 Å². The minimum atomic E-state index is -4.01. The van der Waals surface area contributed by atoms with Gasteiger partial charge in [0.05, 0.1) is 16.9 Å². The van der Waals surface area contributed by atoms with Crippen LogP contribution in [0.5, 0.6) is 0 Å². The number of nitro groups is 1. The van der Waals surface area contributed by atoms with Crippen molar-refractivity contribution in [1.82, 2.24) is 4.72 Å². The zero-order valence-electron chi connectivity index (χ0n) is 11.0. The summed E-state index contributed by atoms with van der Waals surface area (Å²) >= 11 is 0. The first-order valence-corrected chi connectivity index (χ1v) is 7.26. The lowest BCUT2D eigenvalue weighted by molar-refractivity contribution is -0.387. The quantitative estimate of drug-likeness (QED) is 0.346. The summed E-state index contributed by atoms with van der Waals surface area (Å²) in [6.45, 7) is -0.0530. The first kappa shape index (κ1) is 17.0. The van der Waals surface area contributed by atoms with E-state index < -0.39 is 37.3 Å². The summed E-state index contributed by atoms with van der Waals surface area (Å²) in [6.07, 6.45) is 0.234. The number of nitrogens with zero attached hydrogens (tertiary/aromatic N) is 1. The zero-order valence-corrected chi connectivity index (χ0v) is 11.9. The minimum absolute atomic E-state index is 0.0303. The molecule has 0 aromatic heterocycles. The molecule has 0 amide bonds. The van der Waals surface area contributed by atoms with Crippen LogP contribution in [0.1, 0.15) is 12.8 Å². The van der Waals surface area contributed by atoms with Gasteiger partial charge in [-0.15, -0.1) is 0 Å². The number of carbonyl (C=O) groups excluding carboxylic acids is 1. The van der Waals surface area contributed by atoms with Gasteiger partial charge in [-0.3, -0.25) is 14.9 Å². The largest absolute Gasteiger partial charge is 0.469 e. The van der Waals surface area contributed by atoms with E-state index in [1.165, 1.54) is 7.11 Å². The molecular formula is C11H13FN2O6S. The maximum absolute atomic E-state index is 13.1. The maximum Gasteiger partial charge on any atom is 0.306 e. The monoisotopic (exact) mass is 320 g/mol. The van der Waals surface area contributed by atoms with E-state index in [-0.39, 0.29) is 19.4 Å². The normalized spacial score (nSPS) is 11.1. The predicted octanol–water partition coefficient (Wildman–Crippen LogP) is 0.965. The number of benzene rings is 1. The van der Waals surface area contributed by atoms with Crippen LogP contribution in [0.15, 0.2) is 23.1 Å². The van der Waals surface area contributed by atoms with Gasteiger partial charge in [-0.05, 0) is 18.6 Å².